The summed E-state index contributed by atoms with van der Waals surface area (Å²) in [7, 11) is -4.13. The molecule has 0 saturated carbocycles. The maximum absolute atomic E-state index is 13.1. The Labute approximate surface area is 210 Å². The van der Waals surface area contributed by atoms with Gasteiger partial charge < -0.3 is 15.0 Å². The number of aryl methyl sites for hydroxylation is 2. The van der Waals surface area contributed by atoms with Gasteiger partial charge in [-0.15, -0.1) is 0 Å². The van der Waals surface area contributed by atoms with Crippen molar-refractivity contribution in [3.8, 4) is 5.75 Å². The molecule has 0 bridgehead atoms. The molecule has 35 heavy (non-hydrogen) atoms. The average Bonchev–Trinajstić information content (AvgIpc) is 2.75. The van der Waals surface area contributed by atoms with E-state index in [2.05, 4.69) is 48.7 Å². The monoisotopic (exact) mass is 501 g/mol. The molecule has 1 atom stereocenters. The minimum atomic E-state index is -4.13. The zero-order valence-electron chi connectivity index (χ0n) is 22.0. The lowest BCUT2D eigenvalue weighted by Crippen LogP contribution is -2.48. The van der Waals surface area contributed by atoms with Crippen molar-refractivity contribution < 1.29 is 17.9 Å². The van der Waals surface area contributed by atoms with Crippen molar-refractivity contribution in [2.75, 3.05) is 23.4 Å². The van der Waals surface area contributed by atoms with E-state index in [-0.39, 0.29) is 16.2 Å². The van der Waals surface area contributed by atoms with Crippen molar-refractivity contribution in [1.82, 2.24) is 4.72 Å². The van der Waals surface area contributed by atoms with Crippen LogP contribution in [0.5, 0.6) is 5.75 Å². The van der Waals surface area contributed by atoms with Crippen molar-refractivity contribution in [2.45, 2.75) is 84.1 Å². The highest BCUT2D eigenvalue weighted by molar-refractivity contribution is 7.90. The van der Waals surface area contributed by atoms with E-state index >= 15 is 0 Å². The molecule has 0 aliphatic carbocycles. The Morgan fingerprint density at radius 3 is 2.54 bits per heavy atom. The van der Waals surface area contributed by atoms with Crippen LogP contribution in [0.1, 0.15) is 76.5 Å². The number of ether oxygens (including phenoxy) is 1. The lowest BCUT2D eigenvalue weighted by molar-refractivity contribution is 0.256. The third-order valence-electron chi connectivity index (χ3n) is 6.67. The summed E-state index contributed by atoms with van der Waals surface area (Å²) >= 11 is 0. The third kappa shape index (κ3) is 5.92. The first-order chi connectivity index (χ1) is 16.4. The molecule has 2 aromatic carbocycles. The number of rotatable bonds is 8. The van der Waals surface area contributed by atoms with E-state index in [4.69, 9.17) is 4.74 Å². The highest BCUT2D eigenvalue weighted by Crippen LogP contribution is 2.45. The van der Waals surface area contributed by atoms with Crippen LogP contribution in [0.25, 0.3) is 0 Å². The van der Waals surface area contributed by atoms with Gasteiger partial charge in [-0.25, -0.2) is 17.9 Å². The topological polar surface area (TPSA) is 87.7 Å². The second kappa shape index (κ2) is 10.5. The van der Waals surface area contributed by atoms with Gasteiger partial charge in [-0.05, 0) is 94.3 Å². The Hall–Kier alpha value is -2.74. The minimum Gasteiger partial charge on any atom is -0.492 e. The van der Waals surface area contributed by atoms with Crippen LogP contribution in [0, 0.1) is 13.8 Å². The van der Waals surface area contributed by atoms with Crippen molar-refractivity contribution in [1.29, 1.82) is 0 Å². The van der Waals surface area contributed by atoms with Crippen LogP contribution in [0.15, 0.2) is 35.2 Å². The molecule has 1 aliphatic rings. The summed E-state index contributed by atoms with van der Waals surface area (Å²) in [6.07, 6.45) is 2.73. The van der Waals surface area contributed by atoms with E-state index in [1.807, 2.05) is 19.9 Å². The molecule has 2 amide bonds. The number of carbonyl (C=O) groups is 1. The Bertz CT molecular complexity index is 1190. The second-order valence-electron chi connectivity index (χ2n) is 10.1. The fraction of sp³-hybridized carbons (Fsp3) is 0.519. The van der Waals surface area contributed by atoms with Crippen LogP contribution in [0.2, 0.25) is 0 Å². The van der Waals surface area contributed by atoms with Gasteiger partial charge in [0.25, 0.3) is 10.0 Å². The molecule has 192 valence electrons. The van der Waals surface area contributed by atoms with Crippen LogP contribution < -0.4 is 19.7 Å². The van der Waals surface area contributed by atoms with E-state index in [0.717, 1.165) is 42.5 Å². The lowest BCUT2D eigenvalue weighted by Gasteiger charge is -2.47. The Balaban J connectivity index is 1.84. The molecule has 0 radical (unpaired) electrons. The Morgan fingerprint density at radius 1 is 1.17 bits per heavy atom. The van der Waals surface area contributed by atoms with Crippen LogP contribution >= 0.6 is 0 Å². The molecule has 0 fully saturated rings. The molecule has 7 nitrogen and oxygen atoms in total. The summed E-state index contributed by atoms with van der Waals surface area (Å²) in [5.41, 5.74) is 4.60. The van der Waals surface area contributed by atoms with Gasteiger partial charge in [-0.3, -0.25) is 0 Å². The zero-order chi connectivity index (χ0) is 26.0. The molecule has 1 unspecified atom stereocenters. The van der Waals surface area contributed by atoms with Crippen LogP contribution in [0.3, 0.4) is 0 Å². The summed E-state index contributed by atoms with van der Waals surface area (Å²) in [6, 6.07) is 8.20. The molecule has 2 aromatic rings. The molecule has 0 saturated heterocycles. The van der Waals surface area contributed by atoms with E-state index in [1.54, 1.807) is 19.1 Å². The van der Waals surface area contributed by atoms with Crippen LogP contribution in [-0.2, 0) is 10.0 Å². The van der Waals surface area contributed by atoms with E-state index in [1.165, 1.54) is 11.8 Å². The van der Waals surface area contributed by atoms with Gasteiger partial charge in [0.2, 0.25) is 0 Å². The molecule has 0 spiro atoms. The highest BCUT2D eigenvalue weighted by atomic mass is 32.2. The summed E-state index contributed by atoms with van der Waals surface area (Å²) in [4.78, 5) is 15.2. The SMILES string of the molecule is CCCCOc1ccc(C)cc1S(=O)(=O)NC(=O)Nc1cc2c(cc1C)N(CC)C(C)(C)CC2C. The zero-order valence-corrected chi connectivity index (χ0v) is 22.8. The average molecular weight is 502 g/mol. The normalized spacial score (nSPS) is 17.0. The number of sulfonamides is 1. The van der Waals surface area contributed by atoms with Crippen molar-refractivity contribution in [3.63, 3.8) is 0 Å². The predicted octanol–water partition coefficient (Wildman–Crippen LogP) is 6.10. The molecule has 2 N–H and O–H groups in total. The number of hydrogen-bond acceptors (Lipinski definition) is 5. The number of amides is 2. The first-order valence-electron chi connectivity index (χ1n) is 12.4. The Kier molecular flexibility index (Phi) is 8.04. The number of hydrogen-bond donors (Lipinski definition) is 2. The van der Waals surface area contributed by atoms with Crippen LogP contribution in [-0.4, -0.2) is 33.1 Å². The number of unbranched alkanes of at least 4 members (excludes halogenated alkanes) is 1. The Morgan fingerprint density at radius 2 is 1.89 bits per heavy atom. The number of carbonyl (C=O) groups excluding carboxylic acids is 1. The van der Waals surface area contributed by atoms with E-state index in [9.17, 15) is 13.2 Å². The van der Waals surface area contributed by atoms with Gasteiger partial charge in [0.1, 0.15) is 10.6 Å². The summed E-state index contributed by atoms with van der Waals surface area (Å²) in [6.45, 7) is 15.9. The quantitative estimate of drug-likeness (QED) is 0.427. The third-order valence-corrected chi connectivity index (χ3v) is 8.02. The maximum atomic E-state index is 13.1. The number of anilines is 2. The highest BCUT2D eigenvalue weighted by Gasteiger charge is 2.36. The van der Waals surface area contributed by atoms with Gasteiger partial charge in [0, 0.05) is 23.5 Å². The van der Waals surface area contributed by atoms with Gasteiger partial charge in [-0.2, -0.15) is 0 Å². The van der Waals surface area contributed by atoms with Crippen molar-refractivity contribution >= 4 is 27.4 Å². The molecule has 8 heteroatoms. The number of fused-ring (bicyclic) bond motifs is 1. The number of nitrogens with one attached hydrogen (secondary N) is 2. The molecular formula is C27H39N3O4S. The summed E-state index contributed by atoms with van der Waals surface area (Å²) < 4.78 is 34.1. The fourth-order valence-electron chi connectivity index (χ4n) is 4.96. The van der Waals surface area contributed by atoms with Gasteiger partial charge in [0.05, 0.1) is 6.61 Å². The molecule has 0 aromatic heterocycles. The first-order valence-corrected chi connectivity index (χ1v) is 13.9. The molecule has 3 rings (SSSR count). The molecule has 1 aliphatic heterocycles. The number of nitrogens with zero attached hydrogens (tertiary/aromatic N) is 1. The number of urea groups is 1. The van der Waals surface area contributed by atoms with Crippen LogP contribution in [0.4, 0.5) is 16.2 Å². The van der Waals surface area contributed by atoms with E-state index < -0.39 is 16.1 Å². The fourth-order valence-corrected chi connectivity index (χ4v) is 6.10. The predicted molar refractivity (Wildman–Crippen MR) is 142 cm³/mol. The van der Waals surface area contributed by atoms with Crippen molar-refractivity contribution in [2.24, 2.45) is 0 Å². The minimum absolute atomic E-state index is 0.0404. The van der Waals surface area contributed by atoms with E-state index in [0.29, 0.717) is 18.2 Å². The summed E-state index contributed by atoms with van der Waals surface area (Å²) in [5, 5.41) is 2.76. The first kappa shape index (κ1) is 26.9. The van der Waals surface area contributed by atoms with Gasteiger partial charge in [0.15, 0.2) is 0 Å². The maximum Gasteiger partial charge on any atom is 0.333 e. The molecule has 1 heterocycles. The van der Waals surface area contributed by atoms with Gasteiger partial charge >= 0.3 is 6.03 Å². The van der Waals surface area contributed by atoms with Gasteiger partial charge in [-0.1, -0.05) is 26.3 Å². The number of benzene rings is 2. The second-order valence-corrected chi connectivity index (χ2v) is 11.8. The lowest BCUT2D eigenvalue weighted by atomic mass is 9.79. The standard InChI is InChI=1S/C27H39N3O4S/c1-8-10-13-34-24-12-11-18(3)14-25(24)35(32,33)29-26(31)28-22-16-21-20(5)17-27(6,7)30(9-2)23(21)15-19(22)4/h11-12,14-16,20H,8-10,13,17H2,1-7H3,(H2,28,29,31). The van der Waals surface area contributed by atoms with Crippen molar-refractivity contribution in [3.05, 3.63) is 47.0 Å². The summed E-state index contributed by atoms with van der Waals surface area (Å²) in [5.74, 6) is 0.552. The largest absolute Gasteiger partial charge is 0.492 e. The smallest absolute Gasteiger partial charge is 0.333 e. The molecular weight excluding hydrogens is 462 g/mol.